The summed E-state index contributed by atoms with van der Waals surface area (Å²) in [7, 11) is 0. The number of carbonyl (C=O) groups is 3. The third-order valence-corrected chi connectivity index (χ3v) is 4.07. The fourth-order valence-electron chi connectivity index (χ4n) is 2.84. The molecule has 2 aliphatic rings. The molecule has 128 valence electrons. The molecule has 0 aromatic heterocycles. The van der Waals surface area contributed by atoms with Crippen LogP contribution in [0, 0.1) is 0 Å². The monoisotopic (exact) mass is 332 g/mol. The highest BCUT2D eigenvalue weighted by atomic mass is 16.6. The van der Waals surface area contributed by atoms with Gasteiger partial charge in [-0.05, 0) is 43.5 Å². The molecule has 7 nitrogen and oxygen atoms in total. The number of rotatable bonds is 5. The van der Waals surface area contributed by atoms with E-state index in [9.17, 15) is 14.4 Å². The quantitative estimate of drug-likeness (QED) is 0.826. The predicted molar refractivity (Wildman–Crippen MR) is 86.6 cm³/mol. The Bertz CT molecular complexity index is 622. The SMILES string of the molecule is O=C(COC(=O)[C@@H]1CCCO1)Nc1ccc(N2CCCC2=O)cc1. The van der Waals surface area contributed by atoms with Gasteiger partial charge in [0.2, 0.25) is 5.91 Å². The van der Waals surface area contributed by atoms with E-state index >= 15 is 0 Å². The second-order valence-corrected chi connectivity index (χ2v) is 5.85. The lowest BCUT2D eigenvalue weighted by atomic mass is 10.2. The molecule has 2 amide bonds. The fourth-order valence-corrected chi connectivity index (χ4v) is 2.84. The zero-order valence-electron chi connectivity index (χ0n) is 13.3. The highest BCUT2D eigenvalue weighted by Crippen LogP contribution is 2.23. The van der Waals surface area contributed by atoms with Gasteiger partial charge < -0.3 is 19.7 Å². The molecule has 0 aliphatic carbocycles. The molecular weight excluding hydrogens is 312 g/mol. The molecule has 0 unspecified atom stereocenters. The van der Waals surface area contributed by atoms with Crippen LogP contribution in [0.25, 0.3) is 0 Å². The number of benzene rings is 1. The summed E-state index contributed by atoms with van der Waals surface area (Å²) >= 11 is 0. The Hall–Kier alpha value is -2.41. The van der Waals surface area contributed by atoms with Crippen LogP contribution >= 0.6 is 0 Å². The van der Waals surface area contributed by atoms with Crippen LogP contribution in [0.2, 0.25) is 0 Å². The van der Waals surface area contributed by atoms with Gasteiger partial charge in [-0.15, -0.1) is 0 Å². The van der Waals surface area contributed by atoms with E-state index in [2.05, 4.69) is 5.32 Å². The summed E-state index contributed by atoms with van der Waals surface area (Å²) < 4.78 is 10.1. The van der Waals surface area contributed by atoms with Gasteiger partial charge in [-0.25, -0.2) is 4.79 Å². The molecule has 7 heteroatoms. The Kier molecular flexibility index (Phi) is 5.10. The molecule has 0 saturated carbocycles. The van der Waals surface area contributed by atoms with E-state index in [1.54, 1.807) is 29.2 Å². The van der Waals surface area contributed by atoms with Crippen molar-refractivity contribution in [3.8, 4) is 0 Å². The van der Waals surface area contributed by atoms with Gasteiger partial charge in [-0.2, -0.15) is 0 Å². The first-order valence-corrected chi connectivity index (χ1v) is 8.12. The summed E-state index contributed by atoms with van der Waals surface area (Å²) in [6.45, 7) is 0.937. The van der Waals surface area contributed by atoms with E-state index in [4.69, 9.17) is 9.47 Å². The van der Waals surface area contributed by atoms with Crippen molar-refractivity contribution in [3.63, 3.8) is 0 Å². The normalized spacial score (nSPS) is 20.2. The molecule has 1 atom stereocenters. The number of ether oxygens (including phenoxy) is 2. The highest BCUT2D eigenvalue weighted by Gasteiger charge is 2.25. The highest BCUT2D eigenvalue weighted by molar-refractivity contribution is 5.96. The van der Waals surface area contributed by atoms with Crippen molar-refractivity contribution in [2.75, 3.05) is 30.0 Å². The van der Waals surface area contributed by atoms with Crippen LogP contribution in [0.1, 0.15) is 25.7 Å². The third-order valence-electron chi connectivity index (χ3n) is 4.07. The molecular formula is C17H20N2O5. The third kappa shape index (κ3) is 3.91. The van der Waals surface area contributed by atoms with Crippen LogP contribution in [-0.2, 0) is 23.9 Å². The van der Waals surface area contributed by atoms with E-state index in [0.717, 1.165) is 25.1 Å². The summed E-state index contributed by atoms with van der Waals surface area (Å²) in [6, 6.07) is 7.02. The lowest BCUT2D eigenvalue weighted by molar-refractivity contribution is -0.156. The smallest absolute Gasteiger partial charge is 0.335 e. The Morgan fingerprint density at radius 3 is 2.67 bits per heavy atom. The fraction of sp³-hybridized carbons (Fsp3) is 0.471. The number of amides is 2. The number of anilines is 2. The Balaban J connectivity index is 1.47. The number of nitrogens with zero attached hydrogens (tertiary/aromatic N) is 1. The molecule has 2 fully saturated rings. The standard InChI is InChI=1S/C17H20N2O5/c20-15(11-24-17(22)14-3-2-10-23-14)18-12-5-7-13(8-6-12)19-9-1-4-16(19)21/h5-8,14H,1-4,9-11H2,(H,18,20)/t14-/m0/s1. The van der Waals surface area contributed by atoms with Gasteiger partial charge in [0.1, 0.15) is 0 Å². The van der Waals surface area contributed by atoms with Gasteiger partial charge >= 0.3 is 5.97 Å². The van der Waals surface area contributed by atoms with Crippen molar-refractivity contribution in [1.82, 2.24) is 0 Å². The van der Waals surface area contributed by atoms with Crippen molar-refractivity contribution in [2.45, 2.75) is 31.8 Å². The average molecular weight is 332 g/mol. The Morgan fingerprint density at radius 1 is 1.25 bits per heavy atom. The maximum absolute atomic E-state index is 11.8. The van der Waals surface area contributed by atoms with Gasteiger partial charge in [0.15, 0.2) is 12.7 Å². The summed E-state index contributed by atoms with van der Waals surface area (Å²) in [6.07, 6.45) is 2.37. The summed E-state index contributed by atoms with van der Waals surface area (Å²) in [5, 5.41) is 2.66. The van der Waals surface area contributed by atoms with E-state index in [-0.39, 0.29) is 12.5 Å². The minimum absolute atomic E-state index is 0.118. The lowest BCUT2D eigenvalue weighted by Crippen LogP contribution is -2.27. The minimum atomic E-state index is -0.546. The second-order valence-electron chi connectivity index (χ2n) is 5.85. The number of esters is 1. The number of hydrogen-bond acceptors (Lipinski definition) is 5. The molecule has 1 N–H and O–H groups in total. The molecule has 0 radical (unpaired) electrons. The molecule has 0 spiro atoms. The van der Waals surface area contributed by atoms with Gasteiger partial charge in [0.25, 0.3) is 5.91 Å². The van der Waals surface area contributed by atoms with Crippen LogP contribution in [-0.4, -0.2) is 43.6 Å². The van der Waals surface area contributed by atoms with E-state index in [1.807, 2.05) is 0 Å². The molecule has 24 heavy (non-hydrogen) atoms. The average Bonchev–Trinajstić information content (AvgIpc) is 3.25. The maximum Gasteiger partial charge on any atom is 0.335 e. The van der Waals surface area contributed by atoms with Crippen molar-refractivity contribution in [2.24, 2.45) is 0 Å². The van der Waals surface area contributed by atoms with Crippen LogP contribution < -0.4 is 10.2 Å². The first-order chi connectivity index (χ1) is 11.6. The molecule has 2 saturated heterocycles. The maximum atomic E-state index is 11.8. The first kappa shape index (κ1) is 16.4. The topological polar surface area (TPSA) is 84.9 Å². The summed E-state index contributed by atoms with van der Waals surface area (Å²) in [5.41, 5.74) is 1.41. The van der Waals surface area contributed by atoms with Crippen molar-refractivity contribution < 1.29 is 23.9 Å². The molecule has 2 heterocycles. The van der Waals surface area contributed by atoms with Crippen LogP contribution in [0.3, 0.4) is 0 Å². The predicted octanol–water partition coefficient (Wildman–Crippen LogP) is 1.47. The molecule has 1 aromatic rings. The van der Waals surface area contributed by atoms with Gasteiger partial charge in [0, 0.05) is 30.9 Å². The molecule has 0 bridgehead atoms. The van der Waals surface area contributed by atoms with Crippen molar-refractivity contribution in [3.05, 3.63) is 24.3 Å². The number of nitrogens with one attached hydrogen (secondary N) is 1. The van der Waals surface area contributed by atoms with E-state index in [1.165, 1.54) is 0 Å². The lowest BCUT2D eigenvalue weighted by Gasteiger charge is -2.16. The summed E-state index contributed by atoms with van der Waals surface area (Å²) in [4.78, 5) is 36.9. The summed E-state index contributed by atoms with van der Waals surface area (Å²) in [5.74, 6) is -0.787. The van der Waals surface area contributed by atoms with E-state index < -0.39 is 18.0 Å². The zero-order chi connectivity index (χ0) is 16.9. The Labute approximate surface area is 139 Å². The van der Waals surface area contributed by atoms with Crippen molar-refractivity contribution >= 4 is 29.2 Å². The number of carbonyl (C=O) groups excluding carboxylic acids is 3. The number of hydrogen-bond donors (Lipinski definition) is 1. The molecule has 1 aromatic carbocycles. The van der Waals surface area contributed by atoms with Crippen LogP contribution in [0.4, 0.5) is 11.4 Å². The largest absolute Gasteiger partial charge is 0.454 e. The van der Waals surface area contributed by atoms with Crippen molar-refractivity contribution in [1.29, 1.82) is 0 Å². The minimum Gasteiger partial charge on any atom is -0.454 e. The van der Waals surface area contributed by atoms with Gasteiger partial charge in [0.05, 0.1) is 0 Å². The first-order valence-electron chi connectivity index (χ1n) is 8.12. The Morgan fingerprint density at radius 2 is 2.04 bits per heavy atom. The van der Waals surface area contributed by atoms with Crippen LogP contribution in [0.15, 0.2) is 24.3 Å². The zero-order valence-corrected chi connectivity index (χ0v) is 13.3. The van der Waals surface area contributed by atoms with Crippen LogP contribution in [0.5, 0.6) is 0 Å². The van der Waals surface area contributed by atoms with Gasteiger partial charge in [-0.1, -0.05) is 0 Å². The van der Waals surface area contributed by atoms with E-state index in [0.29, 0.717) is 25.1 Å². The second kappa shape index (κ2) is 7.44. The molecule has 2 aliphatic heterocycles. The molecule has 3 rings (SSSR count). The van der Waals surface area contributed by atoms with Gasteiger partial charge in [-0.3, -0.25) is 9.59 Å².